The van der Waals surface area contributed by atoms with Crippen LogP contribution < -0.4 is 5.73 Å². The van der Waals surface area contributed by atoms with Gasteiger partial charge in [-0.2, -0.15) is 17.0 Å². The van der Waals surface area contributed by atoms with Gasteiger partial charge in [0.25, 0.3) is 10.2 Å². The fourth-order valence-corrected chi connectivity index (χ4v) is 4.59. The summed E-state index contributed by atoms with van der Waals surface area (Å²) in [6.45, 7) is 7.79. The second-order valence-electron chi connectivity index (χ2n) is 5.69. The Balaban J connectivity index is 2.92. The number of likely N-dealkylation sites (N-methyl/N-ethyl adjacent to an activating group) is 1. The molecular formula is C13H29N3O2S. The van der Waals surface area contributed by atoms with Crippen molar-refractivity contribution in [2.75, 3.05) is 26.7 Å². The van der Waals surface area contributed by atoms with Crippen molar-refractivity contribution >= 4 is 10.2 Å². The van der Waals surface area contributed by atoms with Crippen LogP contribution in [0.4, 0.5) is 0 Å². The summed E-state index contributed by atoms with van der Waals surface area (Å²) < 4.78 is 28.5. The molecule has 2 N–H and O–H groups in total. The topological polar surface area (TPSA) is 66.6 Å². The third-order valence-electron chi connectivity index (χ3n) is 4.78. The molecule has 0 radical (unpaired) electrons. The third-order valence-corrected chi connectivity index (χ3v) is 6.88. The van der Waals surface area contributed by atoms with Crippen LogP contribution in [-0.4, -0.2) is 49.2 Å². The first-order chi connectivity index (χ1) is 8.84. The average molecular weight is 291 g/mol. The van der Waals surface area contributed by atoms with Crippen LogP contribution in [0.5, 0.6) is 0 Å². The van der Waals surface area contributed by atoms with Crippen molar-refractivity contribution in [3.8, 4) is 0 Å². The molecule has 0 unspecified atom stereocenters. The van der Waals surface area contributed by atoms with Gasteiger partial charge in [0.2, 0.25) is 0 Å². The third kappa shape index (κ3) is 3.29. The van der Waals surface area contributed by atoms with E-state index in [2.05, 4.69) is 6.92 Å². The van der Waals surface area contributed by atoms with Gasteiger partial charge < -0.3 is 5.73 Å². The van der Waals surface area contributed by atoms with Crippen molar-refractivity contribution in [2.45, 2.75) is 52.0 Å². The van der Waals surface area contributed by atoms with E-state index in [4.69, 9.17) is 5.73 Å². The lowest BCUT2D eigenvalue weighted by Gasteiger charge is -2.42. The van der Waals surface area contributed by atoms with Gasteiger partial charge in [0.15, 0.2) is 0 Å². The van der Waals surface area contributed by atoms with Gasteiger partial charge in [-0.1, -0.05) is 20.8 Å². The van der Waals surface area contributed by atoms with Crippen LogP contribution in [0.1, 0.15) is 46.5 Å². The Hall–Kier alpha value is -0.170. The number of nitrogens with zero attached hydrogens (tertiary/aromatic N) is 2. The van der Waals surface area contributed by atoms with Gasteiger partial charge in [-0.15, -0.1) is 0 Å². The minimum absolute atomic E-state index is 0.361. The molecule has 0 aromatic rings. The first-order valence-corrected chi connectivity index (χ1v) is 8.68. The quantitative estimate of drug-likeness (QED) is 0.804. The summed E-state index contributed by atoms with van der Waals surface area (Å²) >= 11 is 0. The molecule has 0 aliphatic carbocycles. The van der Waals surface area contributed by atoms with Crippen LogP contribution in [0.15, 0.2) is 0 Å². The number of rotatable bonds is 6. The normalized spacial score (nSPS) is 20.1. The van der Waals surface area contributed by atoms with E-state index in [1.54, 1.807) is 11.4 Å². The van der Waals surface area contributed by atoms with E-state index in [0.717, 1.165) is 25.7 Å². The molecule has 114 valence electrons. The Labute approximate surface area is 118 Å². The minimum atomic E-state index is -3.39. The zero-order chi connectivity index (χ0) is 14.7. The molecule has 6 heteroatoms. The van der Waals surface area contributed by atoms with Crippen molar-refractivity contribution in [3.05, 3.63) is 0 Å². The summed E-state index contributed by atoms with van der Waals surface area (Å²) in [5.74, 6) is 0.619. The Bertz CT molecular complexity index is 363. The van der Waals surface area contributed by atoms with E-state index in [0.29, 0.717) is 25.6 Å². The number of piperidine rings is 1. The molecule has 1 aliphatic heterocycles. The van der Waals surface area contributed by atoms with Gasteiger partial charge in [-0.3, -0.25) is 0 Å². The highest BCUT2D eigenvalue weighted by atomic mass is 32.2. The molecule has 0 aromatic heterocycles. The van der Waals surface area contributed by atoms with Gasteiger partial charge in [0.05, 0.1) is 0 Å². The summed E-state index contributed by atoms with van der Waals surface area (Å²) in [4.78, 5) is 0. The van der Waals surface area contributed by atoms with Crippen LogP contribution in [0.2, 0.25) is 0 Å². The van der Waals surface area contributed by atoms with Crippen LogP contribution in [0, 0.1) is 5.92 Å². The highest BCUT2D eigenvalue weighted by Gasteiger charge is 2.40. The fraction of sp³-hybridized carbons (Fsp3) is 1.00. The van der Waals surface area contributed by atoms with Gasteiger partial charge >= 0.3 is 0 Å². The molecule has 0 atom stereocenters. The van der Waals surface area contributed by atoms with Crippen molar-refractivity contribution in [1.29, 1.82) is 0 Å². The molecule has 0 saturated carbocycles. The Kier molecular flexibility index (Phi) is 5.79. The lowest BCUT2D eigenvalue weighted by atomic mass is 9.93. The van der Waals surface area contributed by atoms with Crippen molar-refractivity contribution in [2.24, 2.45) is 11.7 Å². The molecule has 5 nitrogen and oxygen atoms in total. The smallest absolute Gasteiger partial charge is 0.282 e. The standard InChI is InChI=1S/C13H29N3O2S/c1-5-13(6-2,11-14)15(4)19(17,18)16-9-7-12(3)8-10-16/h12H,5-11,14H2,1-4H3. The van der Waals surface area contributed by atoms with Crippen molar-refractivity contribution in [3.63, 3.8) is 0 Å². The molecule has 1 heterocycles. The van der Waals surface area contributed by atoms with Crippen molar-refractivity contribution in [1.82, 2.24) is 8.61 Å². The van der Waals surface area contributed by atoms with Crippen LogP contribution in [-0.2, 0) is 10.2 Å². The van der Waals surface area contributed by atoms with E-state index >= 15 is 0 Å². The monoisotopic (exact) mass is 291 g/mol. The first kappa shape index (κ1) is 16.9. The lowest BCUT2D eigenvalue weighted by Crippen LogP contribution is -2.58. The zero-order valence-electron chi connectivity index (χ0n) is 12.7. The molecule has 1 aliphatic rings. The maximum Gasteiger partial charge on any atom is 0.282 e. The highest BCUT2D eigenvalue weighted by molar-refractivity contribution is 7.86. The van der Waals surface area contributed by atoms with Gasteiger partial charge in [-0.05, 0) is 31.6 Å². The molecule has 1 rings (SSSR count). The van der Waals surface area contributed by atoms with Crippen LogP contribution >= 0.6 is 0 Å². The van der Waals surface area contributed by atoms with Crippen LogP contribution in [0.3, 0.4) is 0 Å². The Morgan fingerprint density at radius 1 is 1.26 bits per heavy atom. The largest absolute Gasteiger partial charge is 0.329 e. The SMILES string of the molecule is CCC(CC)(CN)N(C)S(=O)(=O)N1CCC(C)CC1. The number of nitrogens with two attached hydrogens (primary N) is 1. The second kappa shape index (κ2) is 6.52. The number of hydrogen-bond donors (Lipinski definition) is 1. The predicted octanol–water partition coefficient (Wildman–Crippen LogP) is 1.41. The highest BCUT2D eigenvalue weighted by Crippen LogP contribution is 2.28. The molecule has 0 bridgehead atoms. The molecule has 0 amide bonds. The molecule has 1 saturated heterocycles. The van der Waals surface area contributed by atoms with Gasteiger partial charge in [-0.25, -0.2) is 0 Å². The van der Waals surface area contributed by atoms with E-state index in [9.17, 15) is 8.42 Å². The van der Waals surface area contributed by atoms with E-state index in [1.807, 2.05) is 13.8 Å². The fourth-order valence-electron chi connectivity index (χ4n) is 2.75. The Morgan fingerprint density at radius 3 is 2.11 bits per heavy atom. The maximum absolute atomic E-state index is 12.7. The van der Waals surface area contributed by atoms with Crippen molar-refractivity contribution < 1.29 is 8.42 Å². The average Bonchev–Trinajstić information content (AvgIpc) is 2.41. The summed E-state index contributed by atoms with van der Waals surface area (Å²) in [5, 5.41) is 0. The molecule has 0 aromatic carbocycles. The summed E-state index contributed by atoms with van der Waals surface area (Å²) in [7, 11) is -1.72. The molecular weight excluding hydrogens is 262 g/mol. The Morgan fingerprint density at radius 2 is 1.74 bits per heavy atom. The summed E-state index contributed by atoms with van der Waals surface area (Å²) in [5.41, 5.74) is 5.40. The van der Waals surface area contributed by atoms with Crippen LogP contribution in [0.25, 0.3) is 0 Å². The summed E-state index contributed by atoms with van der Waals surface area (Å²) in [6.07, 6.45) is 3.36. The summed E-state index contributed by atoms with van der Waals surface area (Å²) in [6, 6.07) is 0. The predicted molar refractivity (Wildman–Crippen MR) is 79.0 cm³/mol. The minimum Gasteiger partial charge on any atom is -0.329 e. The molecule has 19 heavy (non-hydrogen) atoms. The number of hydrogen-bond acceptors (Lipinski definition) is 3. The van der Waals surface area contributed by atoms with E-state index < -0.39 is 15.7 Å². The maximum atomic E-state index is 12.7. The molecule has 0 spiro atoms. The van der Waals surface area contributed by atoms with E-state index in [-0.39, 0.29) is 0 Å². The van der Waals surface area contributed by atoms with Gasteiger partial charge in [0.1, 0.15) is 0 Å². The lowest BCUT2D eigenvalue weighted by molar-refractivity contribution is 0.184. The van der Waals surface area contributed by atoms with E-state index in [1.165, 1.54) is 4.31 Å². The second-order valence-corrected chi connectivity index (χ2v) is 7.65. The zero-order valence-corrected chi connectivity index (χ0v) is 13.5. The first-order valence-electron chi connectivity index (χ1n) is 7.28. The molecule has 1 fully saturated rings. The van der Waals surface area contributed by atoms with Gasteiger partial charge in [0, 0.05) is 32.2 Å².